The molecular weight excluding hydrogens is 372 g/mol. The van der Waals surface area contributed by atoms with E-state index in [1.807, 2.05) is 55.5 Å². The van der Waals surface area contributed by atoms with Crippen LogP contribution in [-0.2, 0) is 0 Å². The second-order valence-corrected chi connectivity index (χ2v) is 7.24. The zero-order valence-electron chi connectivity index (χ0n) is 15.4. The van der Waals surface area contributed by atoms with Crippen LogP contribution in [0.4, 0.5) is 11.5 Å². The molecule has 0 aliphatic heterocycles. The number of aromatic nitrogens is 2. The Morgan fingerprint density at radius 2 is 1.93 bits per heavy atom. The third kappa shape index (κ3) is 3.27. The van der Waals surface area contributed by atoms with Gasteiger partial charge in [0.25, 0.3) is 5.91 Å². The normalized spacial score (nSPS) is 10.8. The summed E-state index contributed by atoms with van der Waals surface area (Å²) in [5.41, 5.74) is 9.32. The van der Waals surface area contributed by atoms with Crippen LogP contribution in [0.1, 0.15) is 15.2 Å². The fraction of sp³-hybridized carbons (Fsp3) is 0.0952. The lowest BCUT2D eigenvalue weighted by Gasteiger charge is -2.05. The van der Waals surface area contributed by atoms with Crippen LogP contribution in [-0.4, -0.2) is 23.0 Å². The smallest absolute Gasteiger partial charge is 0.269 e. The van der Waals surface area contributed by atoms with Crippen molar-refractivity contribution in [2.45, 2.75) is 6.92 Å². The van der Waals surface area contributed by atoms with Gasteiger partial charge in [-0.3, -0.25) is 4.79 Å². The number of fused-ring (bicyclic) bond motifs is 1. The minimum Gasteiger partial charge on any atom is -0.497 e. The molecule has 3 aromatic heterocycles. The Morgan fingerprint density at radius 3 is 2.64 bits per heavy atom. The van der Waals surface area contributed by atoms with E-state index in [1.54, 1.807) is 13.3 Å². The van der Waals surface area contributed by atoms with Crippen molar-refractivity contribution in [3.63, 3.8) is 0 Å². The van der Waals surface area contributed by atoms with Gasteiger partial charge in [0, 0.05) is 17.1 Å². The predicted octanol–water partition coefficient (Wildman–Crippen LogP) is 4.51. The number of nitrogen functional groups attached to an aromatic ring is 1. The van der Waals surface area contributed by atoms with Gasteiger partial charge in [-0.15, -0.1) is 11.3 Å². The lowest BCUT2D eigenvalue weighted by molar-refractivity contribution is 0.103. The van der Waals surface area contributed by atoms with Crippen LogP contribution in [0.2, 0.25) is 0 Å². The fourth-order valence-corrected chi connectivity index (χ4v) is 3.86. The van der Waals surface area contributed by atoms with Gasteiger partial charge in [-0.2, -0.15) is 0 Å². The molecule has 0 bridgehead atoms. The highest BCUT2D eigenvalue weighted by Crippen LogP contribution is 2.35. The molecule has 4 aromatic rings. The van der Waals surface area contributed by atoms with Crippen molar-refractivity contribution < 1.29 is 9.53 Å². The van der Waals surface area contributed by atoms with Gasteiger partial charge < -0.3 is 15.8 Å². The number of nitrogens with two attached hydrogens (primary N) is 1. The van der Waals surface area contributed by atoms with Crippen molar-refractivity contribution >= 4 is 39.0 Å². The molecule has 3 N–H and O–H groups in total. The standard InChI is InChI=1S/C21H18N4O2S/c1-12-4-3-11-23-19(12)25-20(26)18-17(22)15-9-10-16(24-21(15)28-18)13-5-7-14(27-2)8-6-13/h3-11H,22H2,1-2H3,(H,23,25,26). The largest absolute Gasteiger partial charge is 0.497 e. The van der Waals surface area contributed by atoms with Crippen LogP contribution >= 0.6 is 11.3 Å². The summed E-state index contributed by atoms with van der Waals surface area (Å²) in [5, 5.41) is 3.59. The monoisotopic (exact) mass is 390 g/mol. The molecular formula is C21H18N4O2S. The number of hydrogen-bond donors (Lipinski definition) is 2. The molecule has 1 aromatic carbocycles. The number of aryl methyl sites for hydroxylation is 1. The third-order valence-corrected chi connectivity index (χ3v) is 5.54. The van der Waals surface area contributed by atoms with E-state index in [2.05, 4.69) is 10.3 Å². The van der Waals surface area contributed by atoms with Gasteiger partial charge in [0.1, 0.15) is 21.3 Å². The molecule has 0 unspecified atom stereocenters. The summed E-state index contributed by atoms with van der Waals surface area (Å²) in [7, 11) is 1.63. The number of nitrogens with one attached hydrogen (secondary N) is 1. The van der Waals surface area contributed by atoms with E-state index in [4.69, 9.17) is 15.5 Å². The van der Waals surface area contributed by atoms with Crippen molar-refractivity contribution in [3.8, 4) is 17.0 Å². The maximum Gasteiger partial charge on any atom is 0.269 e. The summed E-state index contributed by atoms with van der Waals surface area (Å²) in [6, 6.07) is 15.2. The van der Waals surface area contributed by atoms with Crippen LogP contribution in [0.5, 0.6) is 5.75 Å². The highest BCUT2D eigenvalue weighted by molar-refractivity contribution is 7.21. The number of methoxy groups -OCH3 is 1. The molecule has 28 heavy (non-hydrogen) atoms. The van der Waals surface area contributed by atoms with Gasteiger partial charge in [-0.25, -0.2) is 9.97 Å². The zero-order chi connectivity index (χ0) is 19.7. The maximum absolute atomic E-state index is 12.7. The van der Waals surface area contributed by atoms with Crippen LogP contribution in [0.3, 0.4) is 0 Å². The number of hydrogen-bond acceptors (Lipinski definition) is 6. The number of pyridine rings is 2. The first-order valence-electron chi connectivity index (χ1n) is 8.63. The van der Waals surface area contributed by atoms with E-state index in [9.17, 15) is 4.79 Å². The minimum absolute atomic E-state index is 0.284. The Balaban J connectivity index is 1.68. The number of thiophene rings is 1. The predicted molar refractivity (Wildman–Crippen MR) is 113 cm³/mol. The number of carbonyl (C=O) groups excluding carboxylic acids is 1. The molecule has 0 aliphatic carbocycles. The van der Waals surface area contributed by atoms with Crippen LogP contribution in [0, 0.1) is 6.92 Å². The molecule has 0 spiro atoms. The summed E-state index contributed by atoms with van der Waals surface area (Å²) in [4.78, 5) is 22.8. The fourth-order valence-electron chi connectivity index (χ4n) is 2.87. The van der Waals surface area contributed by atoms with Gasteiger partial charge >= 0.3 is 0 Å². The molecule has 4 rings (SSSR count). The van der Waals surface area contributed by atoms with Crippen molar-refractivity contribution in [1.82, 2.24) is 9.97 Å². The summed E-state index contributed by atoms with van der Waals surface area (Å²) in [6.45, 7) is 1.89. The zero-order valence-corrected chi connectivity index (χ0v) is 16.2. The average molecular weight is 390 g/mol. The molecule has 140 valence electrons. The van der Waals surface area contributed by atoms with Gasteiger partial charge in [0.2, 0.25) is 0 Å². The average Bonchev–Trinajstić information content (AvgIpc) is 3.06. The quantitative estimate of drug-likeness (QED) is 0.535. The highest BCUT2D eigenvalue weighted by atomic mass is 32.1. The van der Waals surface area contributed by atoms with Crippen LogP contribution in [0.25, 0.3) is 21.5 Å². The van der Waals surface area contributed by atoms with Gasteiger partial charge in [-0.05, 0) is 55.0 Å². The number of nitrogens with zero attached hydrogens (tertiary/aromatic N) is 2. The van der Waals surface area contributed by atoms with Gasteiger partial charge in [0.15, 0.2) is 0 Å². The van der Waals surface area contributed by atoms with E-state index in [0.29, 0.717) is 21.2 Å². The lowest BCUT2D eigenvalue weighted by Crippen LogP contribution is -2.13. The van der Waals surface area contributed by atoms with Gasteiger partial charge in [-0.1, -0.05) is 6.07 Å². The molecule has 0 aliphatic rings. The van der Waals surface area contributed by atoms with Crippen molar-refractivity contribution in [2.75, 3.05) is 18.2 Å². The van der Waals surface area contributed by atoms with Gasteiger partial charge in [0.05, 0.1) is 18.5 Å². The number of ether oxygens (including phenoxy) is 1. The lowest BCUT2D eigenvalue weighted by atomic mass is 10.1. The summed E-state index contributed by atoms with van der Waals surface area (Å²) in [5.74, 6) is 1.03. The molecule has 0 saturated carbocycles. The number of amides is 1. The number of benzene rings is 1. The van der Waals surface area contributed by atoms with Crippen molar-refractivity contribution in [1.29, 1.82) is 0 Å². The summed E-state index contributed by atoms with van der Waals surface area (Å²) in [6.07, 6.45) is 1.64. The van der Waals surface area contributed by atoms with E-state index < -0.39 is 0 Å². The van der Waals surface area contributed by atoms with Crippen LogP contribution < -0.4 is 15.8 Å². The first-order chi connectivity index (χ1) is 13.6. The molecule has 0 saturated heterocycles. The Labute approximate surface area is 166 Å². The highest BCUT2D eigenvalue weighted by Gasteiger charge is 2.19. The third-order valence-electron chi connectivity index (χ3n) is 4.43. The van der Waals surface area contributed by atoms with E-state index in [-0.39, 0.29) is 5.91 Å². The maximum atomic E-state index is 12.7. The number of carbonyl (C=O) groups is 1. The molecule has 0 atom stereocenters. The Morgan fingerprint density at radius 1 is 1.14 bits per heavy atom. The van der Waals surface area contributed by atoms with E-state index in [1.165, 1.54) is 11.3 Å². The summed E-state index contributed by atoms with van der Waals surface area (Å²) >= 11 is 1.27. The Hall–Kier alpha value is -3.45. The number of rotatable bonds is 4. The molecule has 1 amide bonds. The Bertz CT molecular complexity index is 1170. The van der Waals surface area contributed by atoms with E-state index in [0.717, 1.165) is 28.0 Å². The molecule has 0 radical (unpaired) electrons. The topological polar surface area (TPSA) is 90.1 Å². The number of anilines is 2. The van der Waals surface area contributed by atoms with Crippen LogP contribution in [0.15, 0.2) is 54.7 Å². The Kier molecular flexibility index (Phi) is 4.67. The molecule has 6 nitrogen and oxygen atoms in total. The van der Waals surface area contributed by atoms with Crippen molar-refractivity contribution in [3.05, 3.63) is 65.2 Å². The summed E-state index contributed by atoms with van der Waals surface area (Å²) < 4.78 is 5.19. The van der Waals surface area contributed by atoms with E-state index >= 15 is 0 Å². The first-order valence-corrected chi connectivity index (χ1v) is 9.45. The second kappa shape index (κ2) is 7.28. The second-order valence-electron chi connectivity index (χ2n) is 6.25. The first kappa shape index (κ1) is 17.9. The minimum atomic E-state index is -0.284. The molecule has 3 heterocycles. The SMILES string of the molecule is COc1ccc(-c2ccc3c(N)c(C(=O)Nc4ncccc4C)sc3n2)cc1. The van der Waals surface area contributed by atoms with Crippen molar-refractivity contribution in [2.24, 2.45) is 0 Å². The molecule has 7 heteroatoms. The molecule has 0 fully saturated rings.